The number of benzene rings is 1. The van der Waals surface area contributed by atoms with Gasteiger partial charge in [0.1, 0.15) is 11.6 Å². The number of hydrogen-bond donors (Lipinski definition) is 2. The lowest BCUT2D eigenvalue weighted by atomic mass is 10.3. The summed E-state index contributed by atoms with van der Waals surface area (Å²) in [7, 11) is 0. The summed E-state index contributed by atoms with van der Waals surface area (Å²) in [6.45, 7) is 0.983. The van der Waals surface area contributed by atoms with Gasteiger partial charge in [-0.2, -0.15) is 0 Å². The normalized spacial score (nSPS) is 10.2. The molecular weight excluding hydrogens is 287 g/mol. The van der Waals surface area contributed by atoms with Crippen LogP contribution in [0.1, 0.15) is 23.3 Å². The molecule has 22 heavy (non-hydrogen) atoms. The van der Waals surface area contributed by atoms with Crippen molar-refractivity contribution < 1.29 is 13.9 Å². The van der Waals surface area contributed by atoms with E-state index in [4.69, 9.17) is 10.5 Å². The molecular formula is C15H17FN4O2. The number of carbonyl (C=O) groups excluding carboxylic acids is 1. The molecule has 3 N–H and O–H groups in total. The van der Waals surface area contributed by atoms with Crippen LogP contribution < -0.4 is 15.8 Å². The summed E-state index contributed by atoms with van der Waals surface area (Å²) in [5, 5.41) is 2.72. The zero-order valence-corrected chi connectivity index (χ0v) is 12.0. The predicted molar refractivity (Wildman–Crippen MR) is 79.9 cm³/mol. The van der Waals surface area contributed by atoms with Crippen LogP contribution in [-0.2, 0) is 0 Å². The van der Waals surface area contributed by atoms with Crippen molar-refractivity contribution in [2.45, 2.75) is 12.8 Å². The first-order valence-corrected chi connectivity index (χ1v) is 6.90. The first-order valence-electron chi connectivity index (χ1n) is 6.90. The second-order valence-corrected chi connectivity index (χ2v) is 4.56. The summed E-state index contributed by atoms with van der Waals surface area (Å²) in [6, 6.07) is 5.85. The average Bonchev–Trinajstić information content (AvgIpc) is 2.52. The Morgan fingerprint density at radius 2 is 1.91 bits per heavy atom. The summed E-state index contributed by atoms with van der Waals surface area (Å²) in [4.78, 5) is 19.5. The molecule has 1 amide bonds. The molecule has 0 bridgehead atoms. The van der Waals surface area contributed by atoms with Crippen LogP contribution in [0.4, 0.5) is 10.2 Å². The van der Waals surface area contributed by atoms with Crippen molar-refractivity contribution in [1.82, 2.24) is 15.3 Å². The zero-order chi connectivity index (χ0) is 15.8. The van der Waals surface area contributed by atoms with Gasteiger partial charge in [-0.1, -0.05) is 0 Å². The second-order valence-electron chi connectivity index (χ2n) is 4.56. The number of nitrogens with two attached hydrogens (primary N) is 1. The zero-order valence-electron chi connectivity index (χ0n) is 12.0. The lowest BCUT2D eigenvalue weighted by molar-refractivity contribution is 0.0948. The molecule has 6 nitrogen and oxygen atoms in total. The molecule has 116 valence electrons. The van der Waals surface area contributed by atoms with Gasteiger partial charge in [0.2, 0.25) is 0 Å². The highest BCUT2D eigenvalue weighted by molar-refractivity contribution is 5.96. The van der Waals surface area contributed by atoms with Gasteiger partial charge in [0, 0.05) is 18.9 Å². The summed E-state index contributed by atoms with van der Waals surface area (Å²) < 4.78 is 18.2. The van der Waals surface area contributed by atoms with E-state index in [0.717, 1.165) is 12.8 Å². The molecule has 0 radical (unpaired) electrons. The molecule has 0 saturated carbocycles. The third-order valence-electron chi connectivity index (χ3n) is 2.88. The largest absolute Gasteiger partial charge is 0.494 e. The number of rotatable bonds is 7. The average molecular weight is 304 g/mol. The predicted octanol–water partition coefficient (Wildman–Crippen LogP) is 1.79. The molecule has 1 aromatic carbocycles. The number of aromatic nitrogens is 2. The van der Waals surface area contributed by atoms with Gasteiger partial charge in [-0.15, -0.1) is 0 Å². The van der Waals surface area contributed by atoms with Gasteiger partial charge in [-0.05, 0) is 37.1 Å². The molecule has 7 heteroatoms. The van der Waals surface area contributed by atoms with Gasteiger partial charge in [0.15, 0.2) is 11.5 Å². The van der Waals surface area contributed by atoms with Crippen LogP contribution in [-0.4, -0.2) is 29.0 Å². The van der Waals surface area contributed by atoms with Gasteiger partial charge in [-0.3, -0.25) is 4.79 Å². The fraction of sp³-hybridized carbons (Fsp3) is 0.267. The van der Waals surface area contributed by atoms with Crippen molar-refractivity contribution in [3.05, 3.63) is 48.2 Å². The molecule has 0 aliphatic rings. The number of halogens is 1. The van der Waals surface area contributed by atoms with E-state index in [0.29, 0.717) is 18.9 Å². The smallest absolute Gasteiger partial charge is 0.273 e. The van der Waals surface area contributed by atoms with Crippen LogP contribution in [0.25, 0.3) is 0 Å². The maximum Gasteiger partial charge on any atom is 0.273 e. The third kappa shape index (κ3) is 4.69. The lowest BCUT2D eigenvalue weighted by Crippen LogP contribution is -2.26. The molecule has 0 aliphatic carbocycles. The molecule has 0 spiro atoms. The molecule has 0 atom stereocenters. The summed E-state index contributed by atoms with van der Waals surface area (Å²) >= 11 is 0. The number of hydrogen-bond acceptors (Lipinski definition) is 5. The Bertz CT molecular complexity index is 619. The SMILES string of the molecule is Nc1nccnc1C(=O)NCCCCOc1ccc(F)cc1. The van der Waals surface area contributed by atoms with Crippen LogP contribution in [0.2, 0.25) is 0 Å². The fourth-order valence-electron chi connectivity index (χ4n) is 1.76. The van der Waals surface area contributed by atoms with Gasteiger partial charge >= 0.3 is 0 Å². The minimum absolute atomic E-state index is 0.111. The maximum absolute atomic E-state index is 12.7. The summed E-state index contributed by atoms with van der Waals surface area (Å²) in [5.74, 6) is 0.0980. The summed E-state index contributed by atoms with van der Waals surface area (Å²) in [6.07, 6.45) is 4.35. The molecule has 0 saturated heterocycles. The number of ether oxygens (including phenoxy) is 1. The Labute approximate surface area is 127 Å². The van der Waals surface area contributed by atoms with Gasteiger partial charge in [0.05, 0.1) is 6.61 Å². The van der Waals surface area contributed by atoms with E-state index in [1.807, 2.05) is 0 Å². The monoisotopic (exact) mass is 304 g/mol. The Morgan fingerprint density at radius 3 is 2.64 bits per heavy atom. The first kappa shape index (κ1) is 15.7. The minimum Gasteiger partial charge on any atom is -0.494 e. The molecule has 1 heterocycles. The van der Waals surface area contributed by atoms with Crippen molar-refractivity contribution in [2.75, 3.05) is 18.9 Å². The maximum atomic E-state index is 12.7. The van der Waals surface area contributed by atoms with Crippen LogP contribution in [0.5, 0.6) is 5.75 Å². The number of carbonyl (C=O) groups is 1. The van der Waals surface area contributed by atoms with Crippen molar-refractivity contribution in [3.63, 3.8) is 0 Å². The Kier molecular flexibility index (Phi) is 5.65. The molecule has 2 rings (SSSR count). The Hall–Kier alpha value is -2.70. The van der Waals surface area contributed by atoms with E-state index < -0.39 is 0 Å². The first-order chi connectivity index (χ1) is 10.7. The number of nitrogens with one attached hydrogen (secondary N) is 1. The molecule has 0 unspecified atom stereocenters. The standard InChI is InChI=1S/C15H17FN4O2/c16-11-3-5-12(6-4-11)22-10-2-1-7-20-15(21)13-14(17)19-9-8-18-13/h3-6,8-9H,1-2,7,10H2,(H2,17,19)(H,20,21). The Balaban J connectivity index is 1.62. The quantitative estimate of drug-likeness (QED) is 0.761. The number of anilines is 1. The van der Waals surface area contributed by atoms with Crippen LogP contribution in [0.3, 0.4) is 0 Å². The lowest BCUT2D eigenvalue weighted by Gasteiger charge is -2.07. The van der Waals surface area contributed by atoms with E-state index in [2.05, 4.69) is 15.3 Å². The number of nitrogen functional groups attached to an aromatic ring is 1. The summed E-state index contributed by atoms with van der Waals surface area (Å²) in [5.41, 5.74) is 5.70. The highest BCUT2D eigenvalue weighted by Gasteiger charge is 2.10. The van der Waals surface area contributed by atoms with E-state index in [1.54, 1.807) is 12.1 Å². The van der Waals surface area contributed by atoms with Crippen molar-refractivity contribution in [2.24, 2.45) is 0 Å². The van der Waals surface area contributed by atoms with E-state index >= 15 is 0 Å². The van der Waals surface area contributed by atoms with E-state index in [9.17, 15) is 9.18 Å². The van der Waals surface area contributed by atoms with E-state index in [-0.39, 0.29) is 23.2 Å². The molecule has 0 fully saturated rings. The highest BCUT2D eigenvalue weighted by Crippen LogP contribution is 2.11. The second kappa shape index (κ2) is 7.92. The third-order valence-corrected chi connectivity index (χ3v) is 2.88. The number of nitrogens with zero attached hydrogens (tertiary/aromatic N) is 2. The van der Waals surface area contributed by atoms with E-state index in [1.165, 1.54) is 24.5 Å². The van der Waals surface area contributed by atoms with Crippen LogP contribution >= 0.6 is 0 Å². The minimum atomic E-state index is -0.343. The van der Waals surface area contributed by atoms with Crippen LogP contribution in [0.15, 0.2) is 36.7 Å². The molecule has 2 aromatic rings. The van der Waals surface area contributed by atoms with Crippen molar-refractivity contribution in [1.29, 1.82) is 0 Å². The topological polar surface area (TPSA) is 90.1 Å². The number of amides is 1. The van der Waals surface area contributed by atoms with Crippen LogP contribution in [0, 0.1) is 5.82 Å². The van der Waals surface area contributed by atoms with Gasteiger partial charge < -0.3 is 15.8 Å². The van der Waals surface area contributed by atoms with Crippen molar-refractivity contribution in [3.8, 4) is 5.75 Å². The molecule has 0 aliphatic heterocycles. The van der Waals surface area contributed by atoms with Crippen molar-refractivity contribution >= 4 is 11.7 Å². The molecule has 1 aromatic heterocycles. The number of unbranched alkanes of at least 4 members (excludes halogenated alkanes) is 1. The van der Waals surface area contributed by atoms with Gasteiger partial charge in [0.25, 0.3) is 5.91 Å². The highest BCUT2D eigenvalue weighted by atomic mass is 19.1. The Morgan fingerprint density at radius 1 is 1.18 bits per heavy atom. The fourth-order valence-corrected chi connectivity index (χ4v) is 1.76. The van der Waals surface area contributed by atoms with Gasteiger partial charge in [-0.25, -0.2) is 14.4 Å².